The number of carbonyl (C=O) groups excluding carboxylic acids is 1. The summed E-state index contributed by atoms with van der Waals surface area (Å²) in [6.07, 6.45) is 2.06. The number of benzene rings is 1. The third-order valence-corrected chi connectivity index (χ3v) is 3.59. The lowest BCUT2D eigenvalue weighted by Gasteiger charge is -2.14. The predicted molar refractivity (Wildman–Crippen MR) is 87.7 cm³/mol. The van der Waals surface area contributed by atoms with Gasteiger partial charge in [0.15, 0.2) is 5.69 Å². The van der Waals surface area contributed by atoms with Gasteiger partial charge in [0.1, 0.15) is 5.76 Å². The molecule has 1 aromatic carbocycles. The van der Waals surface area contributed by atoms with Gasteiger partial charge >= 0.3 is 0 Å². The second-order valence-corrected chi connectivity index (χ2v) is 6.14. The maximum absolute atomic E-state index is 12.3. The number of aryl methyl sites for hydroxylation is 1. The summed E-state index contributed by atoms with van der Waals surface area (Å²) in [6.45, 7) is 8.16. The fourth-order valence-electron chi connectivity index (χ4n) is 2.26. The summed E-state index contributed by atoms with van der Waals surface area (Å²) in [6, 6.07) is 9.73. The number of amides is 1. The highest BCUT2D eigenvalue weighted by molar-refractivity contribution is 5.93. The smallest absolute Gasteiger partial charge is 0.273 e. The molecular formula is C18H24N2O2. The maximum Gasteiger partial charge on any atom is 0.273 e. The summed E-state index contributed by atoms with van der Waals surface area (Å²) in [4.78, 5) is 16.7. The first kappa shape index (κ1) is 16.3. The molecule has 0 aliphatic rings. The summed E-state index contributed by atoms with van der Waals surface area (Å²) in [7, 11) is 0. The SMILES string of the molecule is Cc1oc(-c2ccccc2)nc1C(=O)NC(C)CCC(C)C. The lowest BCUT2D eigenvalue weighted by molar-refractivity contribution is 0.0931. The summed E-state index contributed by atoms with van der Waals surface area (Å²) in [5.41, 5.74) is 1.24. The van der Waals surface area contributed by atoms with E-state index in [-0.39, 0.29) is 11.9 Å². The molecule has 0 fully saturated rings. The molecule has 0 saturated carbocycles. The Morgan fingerprint density at radius 3 is 2.50 bits per heavy atom. The minimum atomic E-state index is -0.167. The molecule has 1 N–H and O–H groups in total. The first-order chi connectivity index (χ1) is 10.5. The Hall–Kier alpha value is -2.10. The van der Waals surface area contributed by atoms with Crippen LogP contribution < -0.4 is 5.32 Å². The molecule has 0 aliphatic carbocycles. The minimum Gasteiger partial charge on any atom is -0.441 e. The van der Waals surface area contributed by atoms with Crippen LogP contribution in [0.25, 0.3) is 11.5 Å². The van der Waals surface area contributed by atoms with E-state index < -0.39 is 0 Å². The standard InChI is InChI=1S/C18H24N2O2/c1-12(2)10-11-13(3)19-17(21)16-14(4)22-18(20-16)15-8-6-5-7-9-15/h5-9,12-13H,10-11H2,1-4H3,(H,19,21). The lowest BCUT2D eigenvalue weighted by atomic mass is 10.0. The Morgan fingerprint density at radius 2 is 1.86 bits per heavy atom. The van der Waals surface area contributed by atoms with E-state index in [0.29, 0.717) is 23.3 Å². The van der Waals surface area contributed by atoms with Crippen molar-refractivity contribution < 1.29 is 9.21 Å². The van der Waals surface area contributed by atoms with Gasteiger partial charge in [-0.2, -0.15) is 0 Å². The number of nitrogens with one attached hydrogen (secondary N) is 1. The van der Waals surface area contributed by atoms with E-state index in [1.807, 2.05) is 37.3 Å². The van der Waals surface area contributed by atoms with Crippen molar-refractivity contribution in [3.05, 3.63) is 41.8 Å². The number of hydrogen-bond donors (Lipinski definition) is 1. The van der Waals surface area contributed by atoms with Crippen LogP contribution in [0.4, 0.5) is 0 Å². The van der Waals surface area contributed by atoms with E-state index in [1.165, 1.54) is 0 Å². The summed E-state index contributed by atoms with van der Waals surface area (Å²) >= 11 is 0. The number of nitrogens with zero attached hydrogens (tertiary/aromatic N) is 1. The molecule has 1 aromatic heterocycles. The molecule has 0 bridgehead atoms. The zero-order valence-electron chi connectivity index (χ0n) is 13.7. The molecule has 0 radical (unpaired) electrons. The van der Waals surface area contributed by atoms with E-state index in [1.54, 1.807) is 6.92 Å². The Balaban J connectivity index is 2.06. The fraction of sp³-hybridized carbons (Fsp3) is 0.444. The topological polar surface area (TPSA) is 55.1 Å². The highest BCUT2D eigenvalue weighted by Gasteiger charge is 2.19. The third kappa shape index (κ3) is 4.20. The summed E-state index contributed by atoms with van der Waals surface area (Å²) < 4.78 is 5.63. The third-order valence-electron chi connectivity index (χ3n) is 3.59. The molecule has 1 amide bonds. The van der Waals surface area contributed by atoms with Gasteiger partial charge in [0, 0.05) is 11.6 Å². The quantitative estimate of drug-likeness (QED) is 0.869. The second-order valence-electron chi connectivity index (χ2n) is 6.14. The molecule has 118 valence electrons. The first-order valence-corrected chi connectivity index (χ1v) is 7.81. The molecule has 0 aliphatic heterocycles. The molecule has 22 heavy (non-hydrogen) atoms. The zero-order chi connectivity index (χ0) is 16.1. The van der Waals surface area contributed by atoms with E-state index >= 15 is 0 Å². The normalized spacial score (nSPS) is 12.4. The van der Waals surface area contributed by atoms with E-state index in [9.17, 15) is 4.79 Å². The monoisotopic (exact) mass is 300 g/mol. The lowest BCUT2D eigenvalue weighted by Crippen LogP contribution is -2.33. The van der Waals surface area contributed by atoms with Crippen molar-refractivity contribution in [2.75, 3.05) is 0 Å². The van der Waals surface area contributed by atoms with Gasteiger partial charge in [0.2, 0.25) is 5.89 Å². The van der Waals surface area contributed by atoms with Crippen LogP contribution in [0.2, 0.25) is 0 Å². The van der Waals surface area contributed by atoms with Crippen molar-refractivity contribution in [2.24, 2.45) is 5.92 Å². The average Bonchev–Trinajstić information content (AvgIpc) is 2.88. The Labute approximate surface area is 131 Å². The van der Waals surface area contributed by atoms with Gasteiger partial charge in [-0.1, -0.05) is 32.0 Å². The zero-order valence-corrected chi connectivity index (χ0v) is 13.7. The first-order valence-electron chi connectivity index (χ1n) is 7.81. The molecule has 2 aromatic rings. The molecule has 1 atom stereocenters. The molecule has 0 saturated heterocycles. The highest BCUT2D eigenvalue weighted by atomic mass is 16.4. The predicted octanol–water partition coefficient (Wildman–Crippen LogP) is 4.20. The molecule has 4 nitrogen and oxygen atoms in total. The van der Waals surface area contributed by atoms with Crippen molar-refractivity contribution in [3.8, 4) is 11.5 Å². The second kappa shape index (κ2) is 7.25. The van der Waals surface area contributed by atoms with Crippen LogP contribution >= 0.6 is 0 Å². The van der Waals surface area contributed by atoms with Crippen molar-refractivity contribution in [1.82, 2.24) is 10.3 Å². The Kier molecular flexibility index (Phi) is 5.36. The van der Waals surface area contributed by atoms with Gasteiger partial charge < -0.3 is 9.73 Å². The highest BCUT2D eigenvalue weighted by Crippen LogP contribution is 2.21. The number of carbonyl (C=O) groups is 1. The van der Waals surface area contributed by atoms with Crippen molar-refractivity contribution in [3.63, 3.8) is 0 Å². The number of rotatable bonds is 6. The van der Waals surface area contributed by atoms with Gasteiger partial charge in [-0.15, -0.1) is 0 Å². The average molecular weight is 300 g/mol. The number of hydrogen-bond acceptors (Lipinski definition) is 3. The van der Waals surface area contributed by atoms with E-state index in [4.69, 9.17) is 4.42 Å². The van der Waals surface area contributed by atoms with Crippen LogP contribution in [-0.4, -0.2) is 16.9 Å². The summed E-state index contributed by atoms with van der Waals surface area (Å²) in [5.74, 6) is 1.50. The van der Waals surface area contributed by atoms with Crippen LogP contribution in [0.1, 0.15) is 49.9 Å². The van der Waals surface area contributed by atoms with Gasteiger partial charge in [0.25, 0.3) is 5.91 Å². The largest absolute Gasteiger partial charge is 0.441 e. The van der Waals surface area contributed by atoms with Crippen LogP contribution in [0.3, 0.4) is 0 Å². The fourth-order valence-corrected chi connectivity index (χ4v) is 2.26. The van der Waals surface area contributed by atoms with E-state index in [2.05, 4.69) is 24.1 Å². The van der Waals surface area contributed by atoms with Crippen LogP contribution in [0.15, 0.2) is 34.7 Å². The molecule has 1 unspecified atom stereocenters. The van der Waals surface area contributed by atoms with Gasteiger partial charge in [-0.25, -0.2) is 4.98 Å². The van der Waals surface area contributed by atoms with Crippen LogP contribution in [0, 0.1) is 12.8 Å². The molecular weight excluding hydrogens is 276 g/mol. The molecule has 0 spiro atoms. The van der Waals surface area contributed by atoms with Crippen molar-refractivity contribution in [1.29, 1.82) is 0 Å². The number of aromatic nitrogens is 1. The van der Waals surface area contributed by atoms with Crippen molar-refractivity contribution >= 4 is 5.91 Å². The van der Waals surface area contributed by atoms with Crippen molar-refractivity contribution in [2.45, 2.75) is 46.6 Å². The summed E-state index contributed by atoms with van der Waals surface area (Å²) in [5, 5.41) is 3.00. The minimum absolute atomic E-state index is 0.131. The molecule has 1 heterocycles. The van der Waals surface area contributed by atoms with Gasteiger partial charge in [-0.05, 0) is 44.7 Å². The van der Waals surface area contributed by atoms with Crippen LogP contribution in [-0.2, 0) is 0 Å². The van der Waals surface area contributed by atoms with Crippen LogP contribution in [0.5, 0.6) is 0 Å². The Morgan fingerprint density at radius 1 is 1.18 bits per heavy atom. The molecule has 4 heteroatoms. The number of oxazole rings is 1. The molecule has 2 rings (SSSR count). The van der Waals surface area contributed by atoms with Gasteiger partial charge in [0.05, 0.1) is 0 Å². The van der Waals surface area contributed by atoms with E-state index in [0.717, 1.165) is 18.4 Å². The van der Waals surface area contributed by atoms with Gasteiger partial charge in [-0.3, -0.25) is 4.79 Å². The Bertz CT molecular complexity index is 617. The maximum atomic E-state index is 12.3.